The lowest BCUT2D eigenvalue weighted by Crippen LogP contribution is -2.41. The van der Waals surface area contributed by atoms with E-state index < -0.39 is 0 Å². The van der Waals surface area contributed by atoms with Crippen molar-refractivity contribution in [3.05, 3.63) is 65.2 Å². The number of hydrogen-bond donors (Lipinski definition) is 1. The summed E-state index contributed by atoms with van der Waals surface area (Å²) in [5, 5.41) is 3.87. The molecule has 5 heteroatoms. The summed E-state index contributed by atoms with van der Waals surface area (Å²) in [6.45, 7) is 3.01. The van der Waals surface area contributed by atoms with Crippen LogP contribution in [0.25, 0.3) is 0 Å². The SMILES string of the molecule is CN(CC(=O)NCC(c1ccccc1Cl)N1CCCC1)c1ccccc1. The van der Waals surface area contributed by atoms with Gasteiger partial charge in [0.2, 0.25) is 5.91 Å². The van der Waals surface area contributed by atoms with Crippen molar-refractivity contribution in [3.63, 3.8) is 0 Å². The number of benzene rings is 2. The Hall–Kier alpha value is -2.04. The lowest BCUT2D eigenvalue weighted by atomic mass is 10.1. The first-order valence-corrected chi connectivity index (χ1v) is 9.54. The number of carbonyl (C=O) groups is 1. The van der Waals surface area contributed by atoms with Crippen molar-refractivity contribution in [1.82, 2.24) is 10.2 Å². The maximum atomic E-state index is 12.5. The molecule has 1 N–H and O–H groups in total. The van der Waals surface area contributed by atoms with Crippen LogP contribution in [0.1, 0.15) is 24.4 Å². The summed E-state index contributed by atoms with van der Waals surface area (Å²) in [4.78, 5) is 16.8. The van der Waals surface area contributed by atoms with E-state index in [1.807, 2.05) is 60.5 Å². The van der Waals surface area contributed by atoms with E-state index in [1.54, 1.807) is 0 Å². The maximum absolute atomic E-state index is 12.5. The molecule has 1 saturated heterocycles. The molecule has 1 atom stereocenters. The third-order valence-corrected chi connectivity index (χ3v) is 5.26. The molecule has 1 aliphatic heterocycles. The van der Waals surface area contributed by atoms with Crippen LogP contribution in [0.2, 0.25) is 5.02 Å². The number of amides is 1. The van der Waals surface area contributed by atoms with Crippen molar-refractivity contribution in [3.8, 4) is 0 Å². The molecule has 4 nitrogen and oxygen atoms in total. The highest BCUT2D eigenvalue weighted by molar-refractivity contribution is 6.31. The van der Waals surface area contributed by atoms with E-state index >= 15 is 0 Å². The third-order valence-electron chi connectivity index (χ3n) is 4.92. The molecule has 2 aromatic carbocycles. The van der Waals surface area contributed by atoms with Crippen molar-refractivity contribution in [1.29, 1.82) is 0 Å². The van der Waals surface area contributed by atoms with Gasteiger partial charge in [-0.05, 0) is 49.7 Å². The average molecular weight is 372 g/mol. The van der Waals surface area contributed by atoms with Crippen molar-refractivity contribution in [2.45, 2.75) is 18.9 Å². The Morgan fingerprint density at radius 3 is 2.46 bits per heavy atom. The van der Waals surface area contributed by atoms with Crippen molar-refractivity contribution in [2.24, 2.45) is 0 Å². The summed E-state index contributed by atoms with van der Waals surface area (Å²) < 4.78 is 0. The zero-order valence-electron chi connectivity index (χ0n) is 15.2. The Labute approximate surface area is 160 Å². The first-order valence-electron chi connectivity index (χ1n) is 9.16. The molecule has 26 heavy (non-hydrogen) atoms. The molecule has 1 amide bonds. The molecule has 1 fully saturated rings. The van der Waals surface area contributed by atoms with E-state index in [0.717, 1.165) is 29.4 Å². The Bertz CT molecular complexity index is 716. The molecule has 0 radical (unpaired) electrons. The number of para-hydroxylation sites is 1. The molecule has 0 spiro atoms. The van der Waals surface area contributed by atoms with Crippen LogP contribution in [-0.2, 0) is 4.79 Å². The summed E-state index contributed by atoms with van der Waals surface area (Å²) in [6, 6.07) is 18.0. The normalized spacial score (nSPS) is 15.6. The number of nitrogens with zero attached hydrogens (tertiary/aromatic N) is 2. The van der Waals surface area contributed by atoms with Gasteiger partial charge in [0.1, 0.15) is 0 Å². The second-order valence-electron chi connectivity index (χ2n) is 6.78. The van der Waals surface area contributed by atoms with E-state index in [2.05, 4.69) is 16.3 Å². The van der Waals surface area contributed by atoms with Crippen LogP contribution in [0.4, 0.5) is 5.69 Å². The molecule has 138 valence electrons. The van der Waals surface area contributed by atoms with Gasteiger partial charge in [-0.15, -0.1) is 0 Å². The van der Waals surface area contributed by atoms with Gasteiger partial charge in [-0.3, -0.25) is 9.69 Å². The van der Waals surface area contributed by atoms with E-state index in [4.69, 9.17) is 11.6 Å². The topological polar surface area (TPSA) is 35.6 Å². The molecule has 0 aliphatic carbocycles. The zero-order valence-corrected chi connectivity index (χ0v) is 16.0. The molecule has 0 aromatic heterocycles. The van der Waals surface area contributed by atoms with Gasteiger partial charge in [0.05, 0.1) is 12.6 Å². The van der Waals surface area contributed by atoms with Gasteiger partial charge in [0, 0.05) is 24.3 Å². The lowest BCUT2D eigenvalue weighted by molar-refractivity contribution is -0.120. The van der Waals surface area contributed by atoms with Gasteiger partial charge in [-0.2, -0.15) is 0 Å². The number of likely N-dealkylation sites (N-methyl/N-ethyl adjacent to an activating group) is 1. The quantitative estimate of drug-likeness (QED) is 0.805. The maximum Gasteiger partial charge on any atom is 0.239 e. The van der Waals surface area contributed by atoms with Gasteiger partial charge in [-0.25, -0.2) is 0 Å². The first kappa shape index (κ1) is 18.7. The minimum Gasteiger partial charge on any atom is -0.365 e. The standard InChI is InChI=1S/C21H26ClN3O/c1-24(17-9-3-2-4-10-17)16-21(26)23-15-20(25-13-7-8-14-25)18-11-5-6-12-19(18)22/h2-6,9-12,20H,7-8,13-16H2,1H3,(H,23,26). The van der Waals surface area contributed by atoms with Gasteiger partial charge >= 0.3 is 0 Å². The minimum atomic E-state index is 0.0209. The van der Waals surface area contributed by atoms with Gasteiger partial charge in [-0.1, -0.05) is 48.0 Å². The molecular weight excluding hydrogens is 346 g/mol. The van der Waals surface area contributed by atoms with Crippen molar-refractivity contribution in [2.75, 3.05) is 38.1 Å². The second-order valence-corrected chi connectivity index (χ2v) is 7.18. The van der Waals surface area contributed by atoms with E-state index in [-0.39, 0.29) is 11.9 Å². The predicted octanol–water partition coefficient (Wildman–Crippen LogP) is 3.73. The lowest BCUT2D eigenvalue weighted by Gasteiger charge is -2.29. The molecule has 0 bridgehead atoms. The van der Waals surface area contributed by atoms with Gasteiger partial charge < -0.3 is 10.2 Å². The fourth-order valence-electron chi connectivity index (χ4n) is 3.49. The Kier molecular flexibility index (Phi) is 6.53. The van der Waals surface area contributed by atoms with Crippen molar-refractivity contribution < 1.29 is 4.79 Å². The Morgan fingerprint density at radius 2 is 1.77 bits per heavy atom. The van der Waals surface area contributed by atoms with Crippen LogP contribution in [-0.4, -0.2) is 44.0 Å². The molecule has 1 aliphatic rings. The summed E-state index contributed by atoms with van der Waals surface area (Å²) in [7, 11) is 1.93. The summed E-state index contributed by atoms with van der Waals surface area (Å²) in [6.07, 6.45) is 2.40. The molecule has 1 unspecified atom stereocenters. The average Bonchev–Trinajstić information content (AvgIpc) is 3.18. The largest absolute Gasteiger partial charge is 0.365 e. The molecule has 1 heterocycles. The number of anilines is 1. The Morgan fingerprint density at radius 1 is 1.12 bits per heavy atom. The number of halogens is 1. The van der Waals surface area contributed by atoms with Crippen LogP contribution in [0.5, 0.6) is 0 Å². The van der Waals surface area contributed by atoms with Crippen LogP contribution >= 0.6 is 11.6 Å². The minimum absolute atomic E-state index is 0.0209. The zero-order chi connectivity index (χ0) is 18.4. The van der Waals surface area contributed by atoms with Crippen LogP contribution in [0, 0.1) is 0 Å². The van der Waals surface area contributed by atoms with Crippen LogP contribution in [0.15, 0.2) is 54.6 Å². The van der Waals surface area contributed by atoms with Crippen LogP contribution < -0.4 is 10.2 Å². The Balaban J connectivity index is 1.62. The highest BCUT2D eigenvalue weighted by Gasteiger charge is 2.25. The third kappa shape index (κ3) is 4.77. The fourth-order valence-corrected chi connectivity index (χ4v) is 3.75. The first-order chi connectivity index (χ1) is 12.6. The predicted molar refractivity (Wildman–Crippen MR) is 108 cm³/mol. The molecule has 2 aromatic rings. The summed E-state index contributed by atoms with van der Waals surface area (Å²) in [5.74, 6) is 0.0209. The summed E-state index contributed by atoms with van der Waals surface area (Å²) in [5.41, 5.74) is 2.12. The highest BCUT2D eigenvalue weighted by Crippen LogP contribution is 2.29. The summed E-state index contributed by atoms with van der Waals surface area (Å²) >= 11 is 6.43. The van der Waals surface area contributed by atoms with Gasteiger partial charge in [0.25, 0.3) is 0 Å². The van der Waals surface area contributed by atoms with Gasteiger partial charge in [0.15, 0.2) is 0 Å². The number of rotatable bonds is 7. The highest BCUT2D eigenvalue weighted by atomic mass is 35.5. The second kappa shape index (κ2) is 9.06. The number of carbonyl (C=O) groups excluding carboxylic acids is 1. The smallest absolute Gasteiger partial charge is 0.239 e. The number of likely N-dealkylation sites (tertiary alicyclic amines) is 1. The van der Waals surface area contributed by atoms with E-state index in [9.17, 15) is 4.79 Å². The van der Waals surface area contributed by atoms with E-state index in [1.165, 1.54) is 12.8 Å². The molecular formula is C21H26ClN3O. The molecule has 0 saturated carbocycles. The number of hydrogen-bond acceptors (Lipinski definition) is 3. The fraction of sp³-hybridized carbons (Fsp3) is 0.381. The molecule has 3 rings (SSSR count). The monoisotopic (exact) mass is 371 g/mol. The number of nitrogens with one attached hydrogen (secondary N) is 1. The van der Waals surface area contributed by atoms with Crippen molar-refractivity contribution >= 4 is 23.2 Å². The van der Waals surface area contributed by atoms with Crippen LogP contribution in [0.3, 0.4) is 0 Å². The van der Waals surface area contributed by atoms with E-state index in [0.29, 0.717) is 13.1 Å².